The predicted octanol–water partition coefficient (Wildman–Crippen LogP) is 4.31. The van der Waals surface area contributed by atoms with E-state index in [-0.39, 0.29) is 12.0 Å². The first-order valence-electron chi connectivity index (χ1n) is 8.79. The lowest BCUT2D eigenvalue weighted by Crippen LogP contribution is -2.47. The third-order valence-electron chi connectivity index (χ3n) is 4.17. The summed E-state index contributed by atoms with van der Waals surface area (Å²) in [5.74, 6) is 1.26. The van der Waals surface area contributed by atoms with Gasteiger partial charge in [0.05, 0.1) is 29.8 Å². The van der Waals surface area contributed by atoms with Crippen molar-refractivity contribution < 1.29 is 19.0 Å². The van der Waals surface area contributed by atoms with Crippen LogP contribution in [0.15, 0.2) is 42.5 Å². The van der Waals surface area contributed by atoms with Gasteiger partial charge in [-0.1, -0.05) is 35.3 Å². The number of para-hydroxylation sites is 2. The first kappa shape index (κ1) is 19.8. The van der Waals surface area contributed by atoms with Crippen molar-refractivity contribution in [3.05, 3.63) is 58.1 Å². The topological polar surface area (TPSA) is 48.0 Å². The lowest BCUT2D eigenvalue weighted by molar-refractivity contribution is -0.0404. The normalized spacial score (nSPS) is 16.9. The molecule has 3 rings (SSSR count). The van der Waals surface area contributed by atoms with Crippen molar-refractivity contribution in [2.24, 2.45) is 0 Å². The molecule has 1 heterocycles. The van der Waals surface area contributed by atoms with Crippen LogP contribution in [0.1, 0.15) is 17.3 Å². The van der Waals surface area contributed by atoms with Gasteiger partial charge < -0.3 is 19.1 Å². The average Bonchev–Trinajstić information content (AvgIpc) is 2.69. The van der Waals surface area contributed by atoms with Crippen molar-refractivity contribution in [2.45, 2.75) is 13.0 Å². The van der Waals surface area contributed by atoms with E-state index in [1.165, 1.54) is 0 Å². The molecule has 1 aliphatic rings. The number of halogens is 2. The Morgan fingerprint density at radius 2 is 1.89 bits per heavy atom. The summed E-state index contributed by atoms with van der Waals surface area (Å²) in [6.07, 6.45) is -0.222. The largest absolute Gasteiger partial charge is 0.490 e. The summed E-state index contributed by atoms with van der Waals surface area (Å²) in [7, 11) is 0. The molecule has 0 aliphatic carbocycles. The van der Waals surface area contributed by atoms with E-state index in [1.54, 1.807) is 23.1 Å². The lowest BCUT2D eigenvalue weighted by Gasteiger charge is -2.33. The number of hydrogen-bond donors (Lipinski definition) is 0. The fourth-order valence-electron chi connectivity index (χ4n) is 2.84. The highest BCUT2D eigenvalue weighted by Crippen LogP contribution is 2.27. The molecular formula is C20H21Cl2NO4. The zero-order valence-corrected chi connectivity index (χ0v) is 16.5. The van der Waals surface area contributed by atoms with Gasteiger partial charge in [0.15, 0.2) is 11.5 Å². The molecular weight excluding hydrogens is 389 g/mol. The summed E-state index contributed by atoms with van der Waals surface area (Å²) >= 11 is 11.9. The van der Waals surface area contributed by atoms with E-state index >= 15 is 0 Å². The molecule has 1 saturated heterocycles. The molecule has 0 aromatic heterocycles. The zero-order chi connectivity index (χ0) is 19.2. The smallest absolute Gasteiger partial charge is 0.254 e. The van der Waals surface area contributed by atoms with E-state index in [0.29, 0.717) is 60.0 Å². The maximum absolute atomic E-state index is 12.7. The molecule has 1 amide bonds. The van der Waals surface area contributed by atoms with Crippen LogP contribution in [0.5, 0.6) is 11.5 Å². The summed E-state index contributed by atoms with van der Waals surface area (Å²) in [6.45, 7) is 4.23. The van der Waals surface area contributed by atoms with Gasteiger partial charge in [-0.15, -0.1) is 0 Å². The number of hydrogen-bond acceptors (Lipinski definition) is 4. The minimum absolute atomic E-state index is 0.100. The fourth-order valence-corrected chi connectivity index (χ4v) is 3.14. The highest BCUT2D eigenvalue weighted by atomic mass is 35.5. The van der Waals surface area contributed by atoms with Crippen molar-refractivity contribution in [3.63, 3.8) is 0 Å². The second-order valence-electron chi connectivity index (χ2n) is 6.06. The maximum Gasteiger partial charge on any atom is 0.254 e. The van der Waals surface area contributed by atoms with Crippen molar-refractivity contribution >= 4 is 29.1 Å². The molecule has 0 radical (unpaired) electrons. The van der Waals surface area contributed by atoms with E-state index in [0.717, 1.165) is 0 Å². The summed E-state index contributed by atoms with van der Waals surface area (Å²) in [4.78, 5) is 14.5. The number of carbonyl (C=O) groups is 1. The van der Waals surface area contributed by atoms with E-state index in [9.17, 15) is 4.79 Å². The van der Waals surface area contributed by atoms with E-state index in [2.05, 4.69) is 0 Å². The molecule has 0 bridgehead atoms. The van der Waals surface area contributed by atoms with Gasteiger partial charge >= 0.3 is 0 Å². The van der Waals surface area contributed by atoms with Gasteiger partial charge in [0.2, 0.25) is 0 Å². The van der Waals surface area contributed by atoms with Crippen molar-refractivity contribution in [2.75, 3.05) is 32.9 Å². The van der Waals surface area contributed by atoms with Crippen LogP contribution in [-0.4, -0.2) is 49.8 Å². The Bertz CT molecular complexity index is 799. The molecule has 0 N–H and O–H groups in total. The Balaban J connectivity index is 1.61. The highest BCUT2D eigenvalue weighted by molar-refractivity contribution is 6.42. The summed E-state index contributed by atoms with van der Waals surface area (Å²) in [5.41, 5.74) is 0.507. The second kappa shape index (κ2) is 9.31. The Kier molecular flexibility index (Phi) is 6.83. The number of amides is 1. The number of morpholine rings is 1. The van der Waals surface area contributed by atoms with Crippen LogP contribution in [0.25, 0.3) is 0 Å². The van der Waals surface area contributed by atoms with Crippen LogP contribution < -0.4 is 9.47 Å². The standard InChI is InChI=1S/C20H21Cl2NO4/c1-2-25-18-5-3-4-6-19(18)27-13-15-12-23(9-10-26-15)20(24)14-7-8-16(21)17(22)11-14/h3-8,11,15H,2,9-10,12-13H2,1H3. The molecule has 27 heavy (non-hydrogen) atoms. The molecule has 144 valence electrons. The van der Waals surface area contributed by atoms with Gasteiger partial charge in [-0.2, -0.15) is 0 Å². The van der Waals surface area contributed by atoms with Crippen LogP contribution >= 0.6 is 23.2 Å². The van der Waals surface area contributed by atoms with Gasteiger partial charge in [0.1, 0.15) is 12.7 Å². The molecule has 0 saturated carbocycles. The lowest BCUT2D eigenvalue weighted by atomic mass is 10.1. The molecule has 5 nitrogen and oxygen atoms in total. The molecule has 1 fully saturated rings. The van der Waals surface area contributed by atoms with Gasteiger partial charge in [-0.25, -0.2) is 0 Å². The van der Waals surface area contributed by atoms with E-state index < -0.39 is 0 Å². The average molecular weight is 410 g/mol. The number of nitrogens with zero attached hydrogens (tertiary/aromatic N) is 1. The first-order valence-corrected chi connectivity index (χ1v) is 9.54. The van der Waals surface area contributed by atoms with Crippen molar-refractivity contribution in [1.82, 2.24) is 4.90 Å². The quantitative estimate of drug-likeness (QED) is 0.712. The molecule has 1 aliphatic heterocycles. The van der Waals surface area contributed by atoms with Crippen LogP contribution in [0.2, 0.25) is 10.0 Å². The van der Waals surface area contributed by atoms with Gasteiger partial charge in [-0.3, -0.25) is 4.79 Å². The molecule has 1 unspecified atom stereocenters. The van der Waals surface area contributed by atoms with Crippen LogP contribution in [0, 0.1) is 0 Å². The maximum atomic E-state index is 12.7. The van der Waals surface area contributed by atoms with Crippen molar-refractivity contribution in [1.29, 1.82) is 0 Å². The summed E-state index contributed by atoms with van der Waals surface area (Å²) in [5, 5.41) is 0.789. The van der Waals surface area contributed by atoms with E-state index in [4.69, 9.17) is 37.4 Å². The number of rotatable bonds is 6. The first-order chi connectivity index (χ1) is 13.1. The summed E-state index contributed by atoms with van der Waals surface area (Å²) in [6, 6.07) is 12.4. The van der Waals surface area contributed by atoms with E-state index in [1.807, 2.05) is 31.2 Å². The Morgan fingerprint density at radius 3 is 2.59 bits per heavy atom. The van der Waals surface area contributed by atoms with Gasteiger partial charge in [0.25, 0.3) is 5.91 Å². The SMILES string of the molecule is CCOc1ccccc1OCC1CN(C(=O)c2ccc(Cl)c(Cl)c2)CCO1. The number of benzene rings is 2. The van der Waals surface area contributed by atoms with Gasteiger partial charge in [0, 0.05) is 12.1 Å². The number of ether oxygens (including phenoxy) is 3. The Hall–Kier alpha value is -1.95. The number of carbonyl (C=O) groups excluding carboxylic acids is 1. The third kappa shape index (κ3) is 5.06. The molecule has 0 spiro atoms. The van der Waals surface area contributed by atoms with Crippen LogP contribution in [-0.2, 0) is 4.74 Å². The molecule has 7 heteroatoms. The van der Waals surface area contributed by atoms with Crippen molar-refractivity contribution in [3.8, 4) is 11.5 Å². The minimum atomic E-state index is -0.222. The Labute approximate surface area is 168 Å². The fraction of sp³-hybridized carbons (Fsp3) is 0.350. The highest BCUT2D eigenvalue weighted by Gasteiger charge is 2.26. The molecule has 1 atom stereocenters. The molecule has 2 aromatic rings. The summed E-state index contributed by atoms with van der Waals surface area (Å²) < 4.78 is 17.2. The monoisotopic (exact) mass is 409 g/mol. The third-order valence-corrected chi connectivity index (χ3v) is 4.91. The Morgan fingerprint density at radius 1 is 1.15 bits per heavy atom. The molecule has 2 aromatic carbocycles. The second-order valence-corrected chi connectivity index (χ2v) is 6.88. The minimum Gasteiger partial charge on any atom is -0.490 e. The van der Waals surface area contributed by atoms with Crippen LogP contribution in [0.4, 0.5) is 0 Å². The van der Waals surface area contributed by atoms with Crippen LogP contribution in [0.3, 0.4) is 0 Å². The predicted molar refractivity (Wildman–Crippen MR) is 105 cm³/mol. The zero-order valence-electron chi connectivity index (χ0n) is 15.0. The van der Waals surface area contributed by atoms with Gasteiger partial charge in [-0.05, 0) is 37.3 Å².